The summed E-state index contributed by atoms with van der Waals surface area (Å²) < 4.78 is 5.34. The molecule has 32 heavy (non-hydrogen) atoms. The van der Waals surface area contributed by atoms with Crippen molar-refractivity contribution in [2.75, 3.05) is 11.9 Å². The van der Waals surface area contributed by atoms with Crippen LogP contribution in [-0.4, -0.2) is 53.9 Å². The van der Waals surface area contributed by atoms with Crippen LogP contribution in [0.3, 0.4) is 0 Å². The van der Waals surface area contributed by atoms with Gasteiger partial charge in [0.1, 0.15) is 12.1 Å². The first-order valence-electron chi connectivity index (χ1n) is 10.5. The lowest BCUT2D eigenvalue weighted by Gasteiger charge is -2.24. The van der Waals surface area contributed by atoms with E-state index >= 15 is 0 Å². The van der Waals surface area contributed by atoms with Gasteiger partial charge in [0.2, 0.25) is 17.6 Å². The van der Waals surface area contributed by atoms with Crippen molar-refractivity contribution in [2.24, 2.45) is 0 Å². The standard InChI is InChI=1S/C21H20N8O2S/c30-19(29-6-5-15-16(11-29)26-28-25-15)9-18-24-20(27-31-18)17-10-22-21(32-17)23-14-7-12-3-1-2-4-13(12)8-14/h1-4,10,14H,5-9,11H2,(H,22,23)(H,25,26,28). The molecule has 2 aliphatic rings. The van der Waals surface area contributed by atoms with Crippen LogP contribution in [0.25, 0.3) is 10.7 Å². The lowest BCUT2D eigenvalue weighted by Crippen LogP contribution is -2.37. The van der Waals surface area contributed by atoms with Gasteiger partial charge in [0.05, 0.1) is 23.3 Å². The Balaban J connectivity index is 1.08. The van der Waals surface area contributed by atoms with Crippen LogP contribution >= 0.6 is 11.3 Å². The van der Waals surface area contributed by atoms with Gasteiger partial charge in [0.15, 0.2) is 5.13 Å². The summed E-state index contributed by atoms with van der Waals surface area (Å²) in [6.45, 7) is 1.05. The number of nitrogens with one attached hydrogen (secondary N) is 2. The quantitative estimate of drug-likeness (QED) is 0.475. The maximum absolute atomic E-state index is 12.7. The highest BCUT2D eigenvalue weighted by Gasteiger charge is 2.26. The van der Waals surface area contributed by atoms with Gasteiger partial charge in [-0.05, 0) is 24.0 Å². The zero-order chi connectivity index (χ0) is 21.5. The Morgan fingerprint density at radius 1 is 1.22 bits per heavy atom. The number of H-pyrrole nitrogens is 1. The maximum Gasteiger partial charge on any atom is 0.236 e. The van der Waals surface area contributed by atoms with E-state index in [2.05, 4.69) is 60.1 Å². The Bertz CT molecular complexity index is 1250. The molecule has 0 radical (unpaired) electrons. The molecule has 162 valence electrons. The van der Waals surface area contributed by atoms with Crippen LogP contribution in [0.5, 0.6) is 0 Å². The van der Waals surface area contributed by atoms with Crippen molar-refractivity contribution in [1.29, 1.82) is 0 Å². The molecule has 0 saturated carbocycles. The minimum Gasteiger partial charge on any atom is -0.358 e. The van der Waals surface area contributed by atoms with Crippen LogP contribution in [0, 0.1) is 0 Å². The van der Waals surface area contributed by atoms with Gasteiger partial charge >= 0.3 is 0 Å². The average molecular weight is 449 g/mol. The van der Waals surface area contributed by atoms with Crippen molar-refractivity contribution in [3.63, 3.8) is 0 Å². The van der Waals surface area contributed by atoms with Crippen LogP contribution in [0.1, 0.15) is 28.4 Å². The van der Waals surface area contributed by atoms with Crippen LogP contribution in [-0.2, 0) is 37.0 Å². The highest BCUT2D eigenvalue weighted by molar-refractivity contribution is 7.18. The van der Waals surface area contributed by atoms with Crippen molar-refractivity contribution in [3.05, 3.63) is 58.9 Å². The second-order valence-electron chi connectivity index (χ2n) is 8.02. The minimum atomic E-state index is -0.0682. The van der Waals surface area contributed by atoms with Gasteiger partial charge in [-0.15, -0.1) is 0 Å². The number of rotatable bonds is 5. The number of aromatic amines is 1. The van der Waals surface area contributed by atoms with E-state index in [1.54, 1.807) is 11.1 Å². The van der Waals surface area contributed by atoms with Crippen molar-refractivity contribution in [2.45, 2.75) is 38.3 Å². The normalized spacial score (nSPS) is 15.6. The lowest BCUT2D eigenvalue weighted by atomic mass is 10.1. The fourth-order valence-corrected chi connectivity index (χ4v) is 5.08. The summed E-state index contributed by atoms with van der Waals surface area (Å²) in [5.41, 5.74) is 4.52. The summed E-state index contributed by atoms with van der Waals surface area (Å²) in [7, 11) is 0. The summed E-state index contributed by atoms with van der Waals surface area (Å²) in [6, 6.07) is 8.86. The predicted molar refractivity (Wildman–Crippen MR) is 116 cm³/mol. The molecule has 1 aliphatic carbocycles. The van der Waals surface area contributed by atoms with E-state index in [1.165, 1.54) is 22.5 Å². The van der Waals surface area contributed by atoms with Gasteiger partial charge in [-0.2, -0.15) is 20.4 Å². The molecule has 3 aromatic heterocycles. The molecule has 6 rings (SSSR count). The van der Waals surface area contributed by atoms with E-state index in [0.29, 0.717) is 37.3 Å². The number of hydrogen-bond donors (Lipinski definition) is 2. The van der Waals surface area contributed by atoms with E-state index in [1.807, 2.05) is 0 Å². The van der Waals surface area contributed by atoms with E-state index in [-0.39, 0.29) is 12.3 Å². The molecule has 1 aliphatic heterocycles. The third kappa shape index (κ3) is 3.64. The molecule has 1 aromatic carbocycles. The highest BCUT2D eigenvalue weighted by atomic mass is 32.1. The number of aromatic nitrogens is 6. The zero-order valence-electron chi connectivity index (χ0n) is 17.1. The SMILES string of the molecule is O=C(Cc1nc(-c2cnc(NC3Cc4ccccc4C3)s2)no1)N1CCc2n[nH]nc2C1. The Kier molecular flexibility index (Phi) is 4.67. The number of anilines is 1. The molecule has 0 bridgehead atoms. The number of hydrogen-bond acceptors (Lipinski definition) is 9. The smallest absolute Gasteiger partial charge is 0.236 e. The average Bonchev–Trinajstić information content (AvgIpc) is 3.59. The van der Waals surface area contributed by atoms with Gasteiger partial charge in [-0.1, -0.05) is 40.8 Å². The Hall–Kier alpha value is -3.60. The van der Waals surface area contributed by atoms with Crippen LogP contribution in [0.4, 0.5) is 5.13 Å². The first-order valence-corrected chi connectivity index (χ1v) is 11.3. The number of carbonyl (C=O) groups is 1. The molecule has 0 saturated heterocycles. The predicted octanol–water partition coefficient (Wildman–Crippen LogP) is 2.02. The second kappa shape index (κ2) is 7.83. The molecular formula is C21H20N8O2S. The molecule has 0 atom stereocenters. The van der Waals surface area contributed by atoms with E-state index < -0.39 is 0 Å². The number of thiazole rings is 1. The van der Waals surface area contributed by atoms with Crippen molar-refractivity contribution < 1.29 is 9.32 Å². The van der Waals surface area contributed by atoms with Crippen LogP contribution < -0.4 is 5.32 Å². The Morgan fingerprint density at radius 3 is 2.88 bits per heavy atom. The molecule has 4 heterocycles. The summed E-state index contributed by atoms with van der Waals surface area (Å²) in [5, 5.41) is 19.2. The number of nitrogens with zero attached hydrogens (tertiary/aromatic N) is 6. The molecule has 0 spiro atoms. The zero-order valence-corrected chi connectivity index (χ0v) is 17.9. The molecule has 2 N–H and O–H groups in total. The van der Waals surface area contributed by atoms with Crippen molar-refractivity contribution in [3.8, 4) is 10.7 Å². The number of benzene rings is 1. The molecule has 1 amide bonds. The van der Waals surface area contributed by atoms with Gasteiger partial charge < -0.3 is 14.7 Å². The molecule has 0 fully saturated rings. The van der Waals surface area contributed by atoms with Crippen LogP contribution in [0.2, 0.25) is 0 Å². The molecule has 10 nitrogen and oxygen atoms in total. The van der Waals surface area contributed by atoms with Gasteiger partial charge in [0.25, 0.3) is 0 Å². The lowest BCUT2D eigenvalue weighted by molar-refractivity contribution is -0.131. The monoisotopic (exact) mass is 448 g/mol. The fourth-order valence-electron chi connectivity index (χ4n) is 4.26. The summed E-state index contributed by atoms with van der Waals surface area (Å²) in [5.74, 6) is 0.678. The molecule has 0 unspecified atom stereocenters. The molecule has 11 heteroatoms. The van der Waals surface area contributed by atoms with E-state index in [0.717, 1.165) is 34.2 Å². The van der Waals surface area contributed by atoms with Crippen molar-refractivity contribution >= 4 is 22.4 Å². The number of carbonyl (C=O) groups excluding carboxylic acids is 1. The highest BCUT2D eigenvalue weighted by Crippen LogP contribution is 2.30. The topological polar surface area (TPSA) is 126 Å². The van der Waals surface area contributed by atoms with Gasteiger partial charge in [0, 0.05) is 19.0 Å². The Labute approximate surface area is 187 Å². The summed E-state index contributed by atoms with van der Waals surface area (Å²) >= 11 is 1.48. The number of fused-ring (bicyclic) bond motifs is 2. The molecule has 4 aromatic rings. The summed E-state index contributed by atoms with van der Waals surface area (Å²) in [6.07, 6.45) is 4.47. The van der Waals surface area contributed by atoms with E-state index in [9.17, 15) is 4.79 Å². The largest absolute Gasteiger partial charge is 0.358 e. The third-order valence-corrected chi connectivity index (χ3v) is 6.81. The summed E-state index contributed by atoms with van der Waals surface area (Å²) in [4.78, 5) is 24.1. The third-order valence-electron chi connectivity index (χ3n) is 5.89. The van der Waals surface area contributed by atoms with Crippen molar-refractivity contribution in [1.82, 2.24) is 35.4 Å². The fraction of sp³-hybridized carbons (Fsp3) is 0.333. The minimum absolute atomic E-state index is 0.0599. The first-order chi connectivity index (χ1) is 15.7. The Morgan fingerprint density at radius 2 is 2.03 bits per heavy atom. The number of amides is 1. The van der Waals surface area contributed by atoms with Gasteiger partial charge in [-0.25, -0.2) is 4.98 Å². The first kappa shape index (κ1) is 19.1. The van der Waals surface area contributed by atoms with Crippen LogP contribution in [0.15, 0.2) is 35.0 Å². The van der Waals surface area contributed by atoms with Gasteiger partial charge in [-0.3, -0.25) is 4.79 Å². The van der Waals surface area contributed by atoms with E-state index in [4.69, 9.17) is 4.52 Å². The molecular weight excluding hydrogens is 428 g/mol. The second-order valence-corrected chi connectivity index (χ2v) is 9.05. The maximum atomic E-state index is 12.7.